The highest BCUT2D eigenvalue weighted by Gasteiger charge is 2.16. The molecule has 0 saturated carbocycles. The molecule has 4 heteroatoms. The zero-order chi connectivity index (χ0) is 18.5. The molecule has 0 bridgehead atoms. The molecule has 0 aromatic heterocycles. The van der Waals surface area contributed by atoms with Crippen LogP contribution in [-0.4, -0.2) is 10.7 Å². The van der Waals surface area contributed by atoms with E-state index in [0.717, 1.165) is 23.1 Å². The third-order valence-corrected chi connectivity index (χ3v) is 4.42. The van der Waals surface area contributed by atoms with Crippen molar-refractivity contribution in [2.24, 2.45) is 0 Å². The molecular formula is C22H19NO3. The third-order valence-electron chi connectivity index (χ3n) is 4.42. The lowest BCUT2D eigenvalue weighted by atomic mass is 9.94. The van der Waals surface area contributed by atoms with Gasteiger partial charge in [0.05, 0.1) is 4.92 Å². The van der Waals surface area contributed by atoms with Crippen molar-refractivity contribution in [1.82, 2.24) is 0 Å². The van der Waals surface area contributed by atoms with Crippen molar-refractivity contribution >= 4 is 11.5 Å². The molecule has 0 aliphatic carbocycles. The molecule has 0 aliphatic heterocycles. The predicted molar refractivity (Wildman–Crippen MR) is 102 cm³/mol. The zero-order valence-electron chi connectivity index (χ0n) is 14.5. The van der Waals surface area contributed by atoms with Crippen LogP contribution in [0.25, 0.3) is 11.1 Å². The van der Waals surface area contributed by atoms with Gasteiger partial charge in [0.2, 0.25) is 0 Å². The first kappa shape index (κ1) is 17.5. The Bertz CT molecular complexity index is 949. The van der Waals surface area contributed by atoms with E-state index >= 15 is 0 Å². The van der Waals surface area contributed by atoms with Crippen molar-refractivity contribution in [2.75, 3.05) is 0 Å². The van der Waals surface area contributed by atoms with Gasteiger partial charge in [-0.05, 0) is 48.6 Å². The molecule has 0 fully saturated rings. The smallest absolute Gasteiger partial charge is 0.272 e. The number of hydrogen-bond donors (Lipinski definition) is 0. The van der Waals surface area contributed by atoms with Crippen LogP contribution in [-0.2, 0) is 12.8 Å². The van der Waals surface area contributed by atoms with Crippen LogP contribution >= 0.6 is 0 Å². The lowest BCUT2D eigenvalue weighted by Crippen LogP contribution is -2.00. The van der Waals surface area contributed by atoms with Crippen LogP contribution in [0, 0.1) is 10.1 Å². The van der Waals surface area contributed by atoms with Crippen LogP contribution in [0.5, 0.6) is 0 Å². The number of carbonyl (C=O) groups is 1. The van der Waals surface area contributed by atoms with E-state index in [0.29, 0.717) is 17.5 Å². The highest BCUT2D eigenvalue weighted by Crippen LogP contribution is 2.30. The normalized spacial score (nSPS) is 10.5. The maximum atomic E-state index is 11.9. The number of carbonyl (C=O) groups excluding carboxylic acids is 1. The van der Waals surface area contributed by atoms with Crippen molar-refractivity contribution in [3.05, 3.63) is 99.6 Å². The molecule has 0 aliphatic rings. The average Bonchev–Trinajstić information content (AvgIpc) is 2.66. The Morgan fingerprint density at radius 1 is 0.923 bits per heavy atom. The molecule has 26 heavy (non-hydrogen) atoms. The zero-order valence-corrected chi connectivity index (χ0v) is 14.5. The summed E-state index contributed by atoms with van der Waals surface area (Å²) >= 11 is 0. The van der Waals surface area contributed by atoms with Gasteiger partial charge >= 0.3 is 0 Å². The number of Topliss-reactive ketones (excluding diaryl/α,β-unsaturated/α-hetero) is 1. The van der Waals surface area contributed by atoms with Gasteiger partial charge in [0.1, 0.15) is 0 Å². The Balaban J connectivity index is 1.99. The van der Waals surface area contributed by atoms with E-state index in [1.54, 1.807) is 12.1 Å². The fraction of sp³-hybridized carbons (Fsp3) is 0.136. The van der Waals surface area contributed by atoms with Crippen LogP contribution < -0.4 is 0 Å². The van der Waals surface area contributed by atoms with Crippen LogP contribution in [0.4, 0.5) is 5.69 Å². The molecular weight excluding hydrogens is 326 g/mol. The highest BCUT2D eigenvalue weighted by molar-refractivity contribution is 6.00. The van der Waals surface area contributed by atoms with Crippen LogP contribution in [0.3, 0.4) is 0 Å². The largest absolute Gasteiger partial charge is 0.294 e. The summed E-state index contributed by atoms with van der Waals surface area (Å²) < 4.78 is 0. The number of hydrogen-bond acceptors (Lipinski definition) is 3. The molecule has 3 aromatic carbocycles. The van der Waals surface area contributed by atoms with Crippen molar-refractivity contribution in [2.45, 2.75) is 19.8 Å². The van der Waals surface area contributed by atoms with Gasteiger partial charge in [-0.25, -0.2) is 0 Å². The number of benzene rings is 3. The first-order valence-electron chi connectivity index (χ1n) is 8.48. The summed E-state index contributed by atoms with van der Waals surface area (Å²) in [5.41, 5.74) is 4.17. The van der Waals surface area contributed by atoms with Crippen LogP contribution in [0.15, 0.2) is 72.8 Å². The lowest BCUT2D eigenvalue weighted by molar-refractivity contribution is -0.385. The summed E-state index contributed by atoms with van der Waals surface area (Å²) in [5, 5.41) is 11.4. The molecule has 0 radical (unpaired) electrons. The lowest BCUT2D eigenvalue weighted by Gasteiger charge is -2.10. The minimum Gasteiger partial charge on any atom is -0.294 e. The summed E-state index contributed by atoms with van der Waals surface area (Å²) in [6, 6.07) is 22.3. The summed E-state index contributed by atoms with van der Waals surface area (Å²) in [5.74, 6) is -0.0233. The fourth-order valence-corrected chi connectivity index (χ4v) is 3.10. The highest BCUT2D eigenvalue weighted by atomic mass is 16.6. The molecule has 0 N–H and O–H groups in total. The summed E-state index contributed by atoms with van der Waals surface area (Å²) in [6.45, 7) is 1.53. The van der Waals surface area contributed by atoms with Crippen molar-refractivity contribution in [1.29, 1.82) is 0 Å². The Morgan fingerprint density at radius 3 is 2.31 bits per heavy atom. The maximum absolute atomic E-state index is 11.9. The Kier molecular flexibility index (Phi) is 5.23. The quantitative estimate of drug-likeness (QED) is 0.348. The van der Waals surface area contributed by atoms with Gasteiger partial charge in [-0.2, -0.15) is 0 Å². The second-order valence-electron chi connectivity index (χ2n) is 6.19. The molecule has 0 heterocycles. The minimum atomic E-state index is -0.346. The second-order valence-corrected chi connectivity index (χ2v) is 6.19. The van der Waals surface area contributed by atoms with E-state index in [4.69, 9.17) is 0 Å². The Hall–Kier alpha value is -3.27. The van der Waals surface area contributed by atoms with Crippen LogP contribution in [0.1, 0.15) is 28.4 Å². The van der Waals surface area contributed by atoms with E-state index in [1.165, 1.54) is 13.0 Å². The number of nitro groups is 1. The van der Waals surface area contributed by atoms with Crippen molar-refractivity contribution in [3.8, 4) is 11.1 Å². The first-order chi connectivity index (χ1) is 12.6. The van der Waals surface area contributed by atoms with E-state index < -0.39 is 0 Å². The van der Waals surface area contributed by atoms with Gasteiger partial charge in [-0.15, -0.1) is 0 Å². The van der Waals surface area contributed by atoms with Gasteiger partial charge in [-0.1, -0.05) is 54.6 Å². The molecule has 3 aromatic rings. The standard InChI is InChI=1S/C22H19NO3/c1-16(24)20-9-5-6-10-21(20)18-13-14-22(23(25)26)19(15-18)12-11-17-7-3-2-4-8-17/h2-10,13-15H,11-12H2,1H3. The van der Waals surface area contributed by atoms with E-state index in [-0.39, 0.29) is 16.4 Å². The van der Waals surface area contributed by atoms with Gasteiger partial charge in [0.25, 0.3) is 5.69 Å². The van der Waals surface area contributed by atoms with Crippen LogP contribution in [0.2, 0.25) is 0 Å². The number of aryl methyl sites for hydroxylation is 2. The summed E-state index contributed by atoms with van der Waals surface area (Å²) in [7, 11) is 0. The van der Waals surface area contributed by atoms with E-state index in [2.05, 4.69) is 0 Å². The molecule has 0 saturated heterocycles. The molecule has 130 valence electrons. The molecule has 0 amide bonds. The number of nitrogens with zero attached hydrogens (tertiary/aromatic N) is 1. The number of nitro benzene ring substituents is 1. The number of ketones is 1. The summed E-state index contributed by atoms with van der Waals surface area (Å²) in [4.78, 5) is 23.0. The SMILES string of the molecule is CC(=O)c1ccccc1-c1ccc([N+](=O)[O-])c(CCc2ccccc2)c1. The first-order valence-corrected chi connectivity index (χ1v) is 8.48. The second kappa shape index (κ2) is 7.74. The monoisotopic (exact) mass is 345 g/mol. The molecule has 3 rings (SSSR count). The van der Waals surface area contributed by atoms with Gasteiger partial charge in [0.15, 0.2) is 5.78 Å². The molecule has 0 unspecified atom stereocenters. The maximum Gasteiger partial charge on any atom is 0.272 e. The van der Waals surface area contributed by atoms with E-state index in [1.807, 2.05) is 54.6 Å². The summed E-state index contributed by atoms with van der Waals surface area (Å²) in [6.07, 6.45) is 1.29. The van der Waals surface area contributed by atoms with Crippen molar-refractivity contribution < 1.29 is 9.72 Å². The predicted octanol–water partition coefficient (Wildman–Crippen LogP) is 5.25. The Labute approximate surface area is 152 Å². The molecule has 4 nitrogen and oxygen atoms in total. The van der Waals surface area contributed by atoms with Gasteiger partial charge in [0, 0.05) is 17.2 Å². The third kappa shape index (κ3) is 3.86. The van der Waals surface area contributed by atoms with Gasteiger partial charge < -0.3 is 0 Å². The van der Waals surface area contributed by atoms with Crippen molar-refractivity contribution in [3.63, 3.8) is 0 Å². The average molecular weight is 345 g/mol. The Morgan fingerprint density at radius 2 is 1.62 bits per heavy atom. The minimum absolute atomic E-state index is 0.0233. The van der Waals surface area contributed by atoms with Gasteiger partial charge in [-0.3, -0.25) is 14.9 Å². The topological polar surface area (TPSA) is 60.2 Å². The van der Waals surface area contributed by atoms with E-state index in [9.17, 15) is 14.9 Å². The molecule has 0 spiro atoms. The molecule has 0 atom stereocenters. The number of rotatable bonds is 6. The fourth-order valence-electron chi connectivity index (χ4n) is 3.10.